The standard InChI is InChI=1S/C13H17N3.2C2H6/c1-10-4-5-12-13(7-10)16(9-15-12)11-3-2-6-14-8-11;2*1-2/h4-5,7,9,11,14H,2-3,6,8H2,1H3;2*1-2H3. The molecular formula is C17H29N3. The van der Waals surface area contributed by atoms with Crippen molar-refractivity contribution in [2.75, 3.05) is 13.1 Å². The van der Waals surface area contributed by atoms with Crippen molar-refractivity contribution in [3.63, 3.8) is 0 Å². The molecule has 3 nitrogen and oxygen atoms in total. The van der Waals surface area contributed by atoms with Crippen molar-refractivity contribution in [1.29, 1.82) is 0 Å². The maximum Gasteiger partial charge on any atom is 0.0961 e. The van der Waals surface area contributed by atoms with Crippen LogP contribution in [0.2, 0.25) is 0 Å². The second kappa shape index (κ2) is 8.75. The normalized spacial score (nSPS) is 17.8. The highest BCUT2D eigenvalue weighted by atomic mass is 15.1. The van der Waals surface area contributed by atoms with Gasteiger partial charge in [-0.25, -0.2) is 4.98 Å². The van der Waals surface area contributed by atoms with Gasteiger partial charge >= 0.3 is 0 Å². The lowest BCUT2D eigenvalue weighted by atomic mass is 10.1. The molecule has 0 saturated carbocycles. The van der Waals surface area contributed by atoms with Gasteiger partial charge in [-0.05, 0) is 44.0 Å². The monoisotopic (exact) mass is 275 g/mol. The van der Waals surface area contributed by atoms with E-state index >= 15 is 0 Å². The summed E-state index contributed by atoms with van der Waals surface area (Å²) in [4.78, 5) is 4.47. The molecule has 1 aromatic carbocycles. The quantitative estimate of drug-likeness (QED) is 0.840. The van der Waals surface area contributed by atoms with Crippen molar-refractivity contribution in [3.8, 4) is 0 Å². The Morgan fingerprint density at radius 1 is 1.20 bits per heavy atom. The fourth-order valence-electron chi connectivity index (χ4n) is 2.50. The van der Waals surface area contributed by atoms with E-state index in [-0.39, 0.29) is 0 Å². The number of hydrogen-bond acceptors (Lipinski definition) is 2. The Balaban J connectivity index is 0.000000461. The molecule has 20 heavy (non-hydrogen) atoms. The zero-order chi connectivity index (χ0) is 15.0. The highest BCUT2D eigenvalue weighted by Crippen LogP contribution is 2.23. The highest BCUT2D eigenvalue weighted by Gasteiger charge is 2.16. The average molecular weight is 275 g/mol. The first-order valence-electron chi connectivity index (χ1n) is 7.98. The molecule has 0 bridgehead atoms. The molecule has 3 rings (SSSR count). The number of aromatic nitrogens is 2. The van der Waals surface area contributed by atoms with E-state index in [9.17, 15) is 0 Å². The Bertz CT molecular complexity index is 496. The molecule has 1 saturated heterocycles. The van der Waals surface area contributed by atoms with Gasteiger partial charge in [0.1, 0.15) is 0 Å². The van der Waals surface area contributed by atoms with Crippen LogP contribution >= 0.6 is 0 Å². The number of hydrogen-bond donors (Lipinski definition) is 1. The average Bonchev–Trinajstić information content (AvgIpc) is 2.95. The third kappa shape index (κ3) is 3.83. The summed E-state index contributed by atoms with van der Waals surface area (Å²) >= 11 is 0. The summed E-state index contributed by atoms with van der Waals surface area (Å²) in [5, 5.41) is 3.45. The van der Waals surface area contributed by atoms with E-state index in [0.29, 0.717) is 6.04 Å². The van der Waals surface area contributed by atoms with Gasteiger partial charge in [-0.2, -0.15) is 0 Å². The second-order valence-electron chi connectivity index (χ2n) is 4.64. The Morgan fingerprint density at radius 3 is 2.60 bits per heavy atom. The molecule has 1 aromatic heterocycles. The number of piperidine rings is 1. The van der Waals surface area contributed by atoms with Gasteiger partial charge in [0.15, 0.2) is 0 Å². The Labute approximate surface area is 123 Å². The van der Waals surface area contributed by atoms with Gasteiger partial charge in [-0.1, -0.05) is 33.8 Å². The molecule has 3 heteroatoms. The van der Waals surface area contributed by atoms with Crippen LogP contribution < -0.4 is 5.32 Å². The van der Waals surface area contributed by atoms with E-state index < -0.39 is 0 Å². The summed E-state index contributed by atoms with van der Waals surface area (Å²) in [5.41, 5.74) is 3.68. The van der Waals surface area contributed by atoms with E-state index in [4.69, 9.17) is 0 Å². The fourth-order valence-corrected chi connectivity index (χ4v) is 2.50. The summed E-state index contributed by atoms with van der Waals surface area (Å²) < 4.78 is 2.33. The largest absolute Gasteiger partial charge is 0.326 e. The summed E-state index contributed by atoms with van der Waals surface area (Å²) in [6.07, 6.45) is 4.50. The van der Waals surface area contributed by atoms with E-state index in [1.165, 1.54) is 23.9 Å². The van der Waals surface area contributed by atoms with Crippen molar-refractivity contribution < 1.29 is 0 Å². The first-order chi connectivity index (χ1) is 9.84. The van der Waals surface area contributed by atoms with Crippen molar-refractivity contribution >= 4 is 11.0 Å². The summed E-state index contributed by atoms with van der Waals surface area (Å²) in [6, 6.07) is 7.04. The van der Waals surface area contributed by atoms with Crippen molar-refractivity contribution in [1.82, 2.24) is 14.9 Å². The minimum Gasteiger partial charge on any atom is -0.326 e. The lowest BCUT2D eigenvalue weighted by Crippen LogP contribution is -2.31. The maximum absolute atomic E-state index is 4.47. The van der Waals surface area contributed by atoms with Gasteiger partial charge in [-0.15, -0.1) is 0 Å². The highest BCUT2D eigenvalue weighted by molar-refractivity contribution is 5.76. The molecule has 1 N–H and O–H groups in total. The molecule has 112 valence electrons. The van der Waals surface area contributed by atoms with Crippen LogP contribution in [0.25, 0.3) is 11.0 Å². The van der Waals surface area contributed by atoms with Crippen LogP contribution in [0.4, 0.5) is 0 Å². The molecule has 1 aliphatic heterocycles. The van der Waals surface area contributed by atoms with E-state index in [1.54, 1.807) is 0 Å². The molecule has 0 amide bonds. The summed E-state index contributed by atoms with van der Waals surface area (Å²) in [7, 11) is 0. The van der Waals surface area contributed by atoms with Gasteiger partial charge in [0.05, 0.1) is 17.4 Å². The zero-order valence-corrected chi connectivity index (χ0v) is 13.6. The number of benzene rings is 1. The van der Waals surface area contributed by atoms with Crippen LogP contribution in [0, 0.1) is 6.92 Å². The fraction of sp³-hybridized carbons (Fsp3) is 0.588. The lowest BCUT2D eigenvalue weighted by molar-refractivity contribution is 0.378. The maximum atomic E-state index is 4.47. The van der Waals surface area contributed by atoms with E-state index in [0.717, 1.165) is 18.6 Å². The van der Waals surface area contributed by atoms with E-state index in [2.05, 4.69) is 40.0 Å². The number of rotatable bonds is 1. The van der Waals surface area contributed by atoms with Crippen molar-refractivity contribution in [2.24, 2.45) is 0 Å². The third-order valence-corrected chi connectivity index (χ3v) is 3.39. The Kier molecular flexibility index (Phi) is 7.31. The minimum atomic E-state index is 0.570. The number of nitrogens with zero attached hydrogens (tertiary/aromatic N) is 2. The Hall–Kier alpha value is -1.35. The SMILES string of the molecule is CC.CC.Cc1ccc2ncn(C3CCCNC3)c2c1. The summed E-state index contributed by atoms with van der Waals surface area (Å²) in [5.74, 6) is 0. The van der Waals surface area contributed by atoms with Gasteiger partial charge in [0, 0.05) is 12.6 Å². The van der Waals surface area contributed by atoms with Crippen LogP contribution in [0.15, 0.2) is 24.5 Å². The number of aryl methyl sites for hydroxylation is 1. The van der Waals surface area contributed by atoms with Crippen molar-refractivity contribution in [2.45, 2.75) is 53.5 Å². The smallest absolute Gasteiger partial charge is 0.0961 e. The van der Waals surface area contributed by atoms with Crippen LogP contribution in [0.5, 0.6) is 0 Å². The zero-order valence-electron chi connectivity index (χ0n) is 13.6. The number of nitrogens with one attached hydrogen (secondary N) is 1. The predicted octanol–water partition coefficient (Wildman–Crippen LogP) is 4.32. The molecule has 0 radical (unpaired) electrons. The van der Waals surface area contributed by atoms with Gasteiger partial charge < -0.3 is 9.88 Å². The van der Waals surface area contributed by atoms with E-state index in [1.807, 2.05) is 34.0 Å². The minimum absolute atomic E-state index is 0.570. The summed E-state index contributed by atoms with van der Waals surface area (Å²) in [6.45, 7) is 12.4. The molecule has 1 atom stereocenters. The van der Waals surface area contributed by atoms with Crippen LogP contribution in [-0.4, -0.2) is 22.6 Å². The molecule has 0 spiro atoms. The molecule has 1 fully saturated rings. The molecular weight excluding hydrogens is 246 g/mol. The number of imidazole rings is 1. The van der Waals surface area contributed by atoms with Crippen LogP contribution in [0.3, 0.4) is 0 Å². The molecule has 1 unspecified atom stereocenters. The number of fused-ring (bicyclic) bond motifs is 1. The van der Waals surface area contributed by atoms with Gasteiger partial charge in [-0.3, -0.25) is 0 Å². The first kappa shape index (κ1) is 16.7. The molecule has 2 heterocycles. The molecule has 1 aliphatic rings. The topological polar surface area (TPSA) is 29.9 Å². The van der Waals surface area contributed by atoms with Gasteiger partial charge in [0.25, 0.3) is 0 Å². The predicted molar refractivity (Wildman–Crippen MR) is 88.3 cm³/mol. The lowest BCUT2D eigenvalue weighted by Gasteiger charge is -2.24. The van der Waals surface area contributed by atoms with Crippen LogP contribution in [-0.2, 0) is 0 Å². The second-order valence-corrected chi connectivity index (χ2v) is 4.64. The first-order valence-corrected chi connectivity index (χ1v) is 7.98. The molecule has 2 aromatic rings. The van der Waals surface area contributed by atoms with Crippen LogP contribution in [0.1, 0.15) is 52.1 Å². The Morgan fingerprint density at radius 2 is 1.95 bits per heavy atom. The van der Waals surface area contributed by atoms with Crippen molar-refractivity contribution in [3.05, 3.63) is 30.1 Å². The van der Waals surface area contributed by atoms with Gasteiger partial charge in [0.2, 0.25) is 0 Å². The molecule has 0 aliphatic carbocycles. The third-order valence-electron chi connectivity index (χ3n) is 3.39.